The summed E-state index contributed by atoms with van der Waals surface area (Å²) in [5, 5.41) is 2.98. The molecule has 2 fully saturated rings. The van der Waals surface area contributed by atoms with E-state index in [1.165, 1.54) is 0 Å². The van der Waals surface area contributed by atoms with Crippen molar-refractivity contribution >= 4 is 11.7 Å². The number of rotatable bonds is 4. The molecule has 0 bridgehead atoms. The number of ether oxygens (including phenoxy) is 2. The zero-order valence-corrected chi connectivity index (χ0v) is 11.5. The minimum absolute atomic E-state index is 0.0138. The Hall–Kier alpha value is -1.82. The summed E-state index contributed by atoms with van der Waals surface area (Å²) in [4.78, 5) is 18.5. The number of carbonyl (C=O) groups excluding carboxylic acids is 1. The molecule has 3 rings (SSSR count). The maximum Gasteiger partial charge on any atom is 0.251 e. The molecule has 2 heterocycles. The summed E-state index contributed by atoms with van der Waals surface area (Å²) in [5.74, 6) is 1.38. The highest BCUT2D eigenvalue weighted by Crippen LogP contribution is 2.21. The van der Waals surface area contributed by atoms with Gasteiger partial charge in [-0.2, -0.15) is 4.98 Å². The average Bonchev–Trinajstić information content (AvgIpc) is 3.31. The molecule has 6 nitrogen and oxygen atoms in total. The van der Waals surface area contributed by atoms with Crippen molar-refractivity contribution in [2.24, 2.45) is 0 Å². The quantitative estimate of drug-likeness (QED) is 0.872. The number of pyridine rings is 1. The molecule has 2 aliphatic rings. The van der Waals surface area contributed by atoms with Crippen molar-refractivity contribution in [1.82, 2.24) is 10.3 Å². The van der Waals surface area contributed by atoms with Gasteiger partial charge in [0.15, 0.2) is 6.10 Å². The lowest BCUT2D eigenvalue weighted by atomic mass is 10.2. The fraction of sp³-hybridized carbons (Fsp3) is 0.571. The van der Waals surface area contributed by atoms with Crippen molar-refractivity contribution in [2.75, 3.05) is 31.7 Å². The number of amides is 1. The van der Waals surface area contributed by atoms with Gasteiger partial charge in [0.1, 0.15) is 5.82 Å². The van der Waals surface area contributed by atoms with Crippen molar-refractivity contribution < 1.29 is 14.3 Å². The van der Waals surface area contributed by atoms with E-state index in [1.807, 2.05) is 12.1 Å². The molecule has 0 aromatic carbocycles. The van der Waals surface area contributed by atoms with Crippen molar-refractivity contribution in [1.29, 1.82) is 0 Å². The lowest BCUT2D eigenvalue weighted by Crippen LogP contribution is -2.50. The Morgan fingerprint density at radius 1 is 1.50 bits per heavy atom. The number of hydrogen-bond acceptors (Lipinski definition) is 5. The molecule has 1 saturated carbocycles. The largest absolute Gasteiger partial charge is 0.481 e. The molecule has 1 aliphatic carbocycles. The Bertz CT molecular complexity index is 490. The van der Waals surface area contributed by atoms with Crippen LogP contribution in [0.3, 0.4) is 0 Å². The summed E-state index contributed by atoms with van der Waals surface area (Å²) in [6.45, 7) is 1.79. The molecule has 1 amide bonds. The number of anilines is 1. The predicted molar refractivity (Wildman–Crippen MR) is 73.9 cm³/mol. The summed E-state index contributed by atoms with van der Waals surface area (Å²) in [7, 11) is 1.59. The van der Waals surface area contributed by atoms with Gasteiger partial charge in [0.25, 0.3) is 5.91 Å². The maximum absolute atomic E-state index is 12.0. The van der Waals surface area contributed by atoms with Crippen molar-refractivity contribution in [3.05, 3.63) is 18.2 Å². The highest BCUT2D eigenvalue weighted by Gasteiger charge is 2.31. The number of nitrogens with one attached hydrogen (secondary N) is 1. The second kappa shape index (κ2) is 5.66. The first-order valence-corrected chi connectivity index (χ1v) is 6.94. The summed E-state index contributed by atoms with van der Waals surface area (Å²) in [6, 6.07) is 5.98. The lowest BCUT2D eigenvalue weighted by Gasteiger charge is -2.33. The molecule has 108 valence electrons. The molecular weight excluding hydrogens is 258 g/mol. The van der Waals surface area contributed by atoms with Crippen LogP contribution < -0.4 is 15.0 Å². The standard InChI is InChI=1S/C14H19N3O3/c1-19-13-4-2-3-12(16-13)17-7-8-20-11(9-17)14(18)15-10-5-6-10/h2-4,10-11H,5-9H2,1H3,(H,15,18). The molecule has 1 N–H and O–H groups in total. The normalized spacial score (nSPS) is 22.4. The molecule has 1 aliphatic heterocycles. The van der Waals surface area contributed by atoms with Crippen LogP contribution in [0.15, 0.2) is 18.2 Å². The summed E-state index contributed by atoms with van der Waals surface area (Å²) in [5.41, 5.74) is 0. The molecule has 0 radical (unpaired) electrons. The van der Waals surface area contributed by atoms with E-state index < -0.39 is 6.10 Å². The van der Waals surface area contributed by atoms with Crippen LogP contribution in [0.25, 0.3) is 0 Å². The van der Waals surface area contributed by atoms with E-state index >= 15 is 0 Å². The van der Waals surface area contributed by atoms with Crippen molar-refractivity contribution in [3.63, 3.8) is 0 Å². The first-order valence-electron chi connectivity index (χ1n) is 6.94. The molecule has 0 spiro atoms. The van der Waals surface area contributed by atoms with Crippen molar-refractivity contribution in [3.8, 4) is 5.88 Å². The average molecular weight is 277 g/mol. The van der Waals surface area contributed by atoms with E-state index in [1.54, 1.807) is 13.2 Å². The van der Waals surface area contributed by atoms with Gasteiger partial charge in [-0.05, 0) is 18.9 Å². The highest BCUT2D eigenvalue weighted by molar-refractivity contribution is 5.82. The highest BCUT2D eigenvalue weighted by atomic mass is 16.5. The first kappa shape index (κ1) is 13.2. The third-order valence-corrected chi connectivity index (χ3v) is 3.52. The van der Waals surface area contributed by atoms with E-state index in [0.717, 1.165) is 25.2 Å². The minimum atomic E-state index is -0.419. The van der Waals surface area contributed by atoms with Gasteiger partial charge in [-0.3, -0.25) is 4.79 Å². The molecule has 6 heteroatoms. The number of aromatic nitrogens is 1. The maximum atomic E-state index is 12.0. The van der Waals surface area contributed by atoms with Gasteiger partial charge in [0.05, 0.1) is 20.3 Å². The lowest BCUT2D eigenvalue weighted by molar-refractivity contribution is -0.133. The van der Waals surface area contributed by atoms with Gasteiger partial charge in [-0.1, -0.05) is 6.07 Å². The Kier molecular flexibility index (Phi) is 3.73. The SMILES string of the molecule is COc1cccc(N2CCOC(C(=O)NC3CC3)C2)n1. The monoisotopic (exact) mass is 277 g/mol. The van der Waals surface area contributed by atoms with Gasteiger partial charge < -0.3 is 19.7 Å². The van der Waals surface area contributed by atoms with Crippen LogP contribution in [0, 0.1) is 0 Å². The number of methoxy groups -OCH3 is 1. The number of hydrogen-bond donors (Lipinski definition) is 1. The van der Waals surface area contributed by atoms with Crippen molar-refractivity contribution in [2.45, 2.75) is 25.0 Å². The molecule has 1 aromatic rings. The first-order chi connectivity index (χ1) is 9.76. The summed E-state index contributed by atoms with van der Waals surface area (Å²) in [6.07, 6.45) is 1.75. The number of nitrogens with zero attached hydrogens (tertiary/aromatic N) is 2. The zero-order valence-electron chi connectivity index (χ0n) is 11.5. The Morgan fingerprint density at radius 3 is 3.10 bits per heavy atom. The molecular formula is C14H19N3O3. The second-order valence-electron chi connectivity index (χ2n) is 5.13. The van der Waals surface area contributed by atoms with Gasteiger partial charge in [0, 0.05) is 18.7 Å². The van der Waals surface area contributed by atoms with E-state index in [9.17, 15) is 4.79 Å². The molecule has 1 atom stereocenters. The minimum Gasteiger partial charge on any atom is -0.481 e. The van der Waals surface area contributed by atoms with Crippen LogP contribution in [-0.4, -0.2) is 49.8 Å². The van der Waals surface area contributed by atoms with Gasteiger partial charge >= 0.3 is 0 Å². The van der Waals surface area contributed by atoms with E-state index in [-0.39, 0.29) is 5.91 Å². The fourth-order valence-corrected chi connectivity index (χ4v) is 2.23. The van der Waals surface area contributed by atoms with Crippen LogP contribution in [-0.2, 0) is 9.53 Å². The van der Waals surface area contributed by atoms with Crippen LogP contribution in [0.5, 0.6) is 5.88 Å². The van der Waals surface area contributed by atoms with Gasteiger partial charge in [-0.15, -0.1) is 0 Å². The van der Waals surface area contributed by atoms with Crippen LogP contribution in [0.2, 0.25) is 0 Å². The number of carbonyl (C=O) groups is 1. The van der Waals surface area contributed by atoms with E-state index in [4.69, 9.17) is 9.47 Å². The molecule has 20 heavy (non-hydrogen) atoms. The topological polar surface area (TPSA) is 63.7 Å². The van der Waals surface area contributed by atoms with Gasteiger partial charge in [-0.25, -0.2) is 0 Å². The molecule has 1 unspecified atom stereocenters. The Morgan fingerprint density at radius 2 is 2.35 bits per heavy atom. The third-order valence-electron chi connectivity index (χ3n) is 3.52. The summed E-state index contributed by atoms with van der Waals surface area (Å²) < 4.78 is 10.7. The Balaban J connectivity index is 1.65. The van der Waals surface area contributed by atoms with Gasteiger partial charge in [0.2, 0.25) is 5.88 Å². The smallest absolute Gasteiger partial charge is 0.251 e. The predicted octanol–water partition coefficient (Wildman–Crippen LogP) is 0.574. The molecule has 1 aromatic heterocycles. The van der Waals surface area contributed by atoms with E-state index in [0.29, 0.717) is 25.1 Å². The fourth-order valence-electron chi connectivity index (χ4n) is 2.23. The van der Waals surface area contributed by atoms with Crippen LogP contribution in [0.4, 0.5) is 5.82 Å². The summed E-state index contributed by atoms with van der Waals surface area (Å²) >= 11 is 0. The van der Waals surface area contributed by atoms with Crippen LogP contribution in [0.1, 0.15) is 12.8 Å². The zero-order chi connectivity index (χ0) is 13.9. The second-order valence-corrected chi connectivity index (χ2v) is 5.13. The third kappa shape index (κ3) is 3.01. The number of morpholine rings is 1. The van der Waals surface area contributed by atoms with E-state index in [2.05, 4.69) is 15.2 Å². The Labute approximate surface area is 118 Å². The van der Waals surface area contributed by atoms with Crippen LogP contribution >= 0.6 is 0 Å². The molecule has 1 saturated heterocycles.